The van der Waals surface area contributed by atoms with Crippen LogP contribution in [0.15, 0.2) is 12.4 Å². The second kappa shape index (κ2) is 4.69. The van der Waals surface area contributed by atoms with Crippen LogP contribution in [0.1, 0.15) is 24.4 Å². The van der Waals surface area contributed by atoms with Crippen LogP contribution < -0.4 is 0 Å². The van der Waals surface area contributed by atoms with E-state index in [0.29, 0.717) is 18.4 Å². The molecule has 1 fully saturated rings. The lowest BCUT2D eigenvalue weighted by Crippen LogP contribution is -2.43. The van der Waals surface area contributed by atoms with Crippen LogP contribution >= 0.6 is 0 Å². The van der Waals surface area contributed by atoms with E-state index in [2.05, 4.69) is 5.10 Å². The highest BCUT2D eigenvalue weighted by molar-refractivity contribution is 7.89. The molecule has 1 aliphatic heterocycles. The zero-order chi connectivity index (χ0) is 13.3. The molecule has 18 heavy (non-hydrogen) atoms. The van der Waals surface area contributed by atoms with E-state index in [9.17, 15) is 18.3 Å². The van der Waals surface area contributed by atoms with Gasteiger partial charge >= 0.3 is 5.97 Å². The Bertz CT molecular complexity index is 551. The molecule has 7 nitrogen and oxygen atoms in total. The monoisotopic (exact) mass is 273 g/mol. The molecule has 0 aromatic carbocycles. The van der Waals surface area contributed by atoms with Crippen LogP contribution in [0.25, 0.3) is 0 Å². The smallest absolute Gasteiger partial charge is 0.326 e. The highest BCUT2D eigenvalue weighted by atomic mass is 32.2. The summed E-state index contributed by atoms with van der Waals surface area (Å²) < 4.78 is 26.4. The van der Waals surface area contributed by atoms with Crippen molar-refractivity contribution in [1.29, 1.82) is 0 Å². The second-order valence-corrected chi connectivity index (χ2v) is 6.36. The number of carboxylic acid groups (broad SMARTS) is 1. The number of aryl methyl sites for hydroxylation is 1. The van der Waals surface area contributed by atoms with Crippen LogP contribution in [0.3, 0.4) is 0 Å². The first-order valence-electron chi connectivity index (χ1n) is 5.63. The van der Waals surface area contributed by atoms with Gasteiger partial charge in [0.15, 0.2) is 0 Å². The third-order valence-electron chi connectivity index (χ3n) is 2.95. The summed E-state index contributed by atoms with van der Waals surface area (Å²) in [4.78, 5) is 11.4. The minimum absolute atomic E-state index is 0.0110. The average Bonchev–Trinajstić information content (AvgIpc) is 2.67. The SMILES string of the molecule is Cn1cc(C(C(=O)O)N2CCCCS2(=O)=O)cn1. The fraction of sp³-hybridized carbons (Fsp3) is 0.600. The van der Waals surface area contributed by atoms with Crippen molar-refractivity contribution >= 4 is 16.0 Å². The highest BCUT2D eigenvalue weighted by Gasteiger charge is 2.38. The Morgan fingerprint density at radius 2 is 2.22 bits per heavy atom. The Morgan fingerprint density at radius 1 is 1.50 bits per heavy atom. The van der Waals surface area contributed by atoms with Gasteiger partial charge in [-0.15, -0.1) is 0 Å². The summed E-state index contributed by atoms with van der Waals surface area (Å²) in [6.07, 6.45) is 4.19. The topological polar surface area (TPSA) is 92.5 Å². The van der Waals surface area contributed by atoms with Gasteiger partial charge in [0.25, 0.3) is 0 Å². The molecule has 100 valence electrons. The molecule has 0 saturated carbocycles. The Labute approximate surface area is 105 Å². The van der Waals surface area contributed by atoms with Crippen LogP contribution in [0.4, 0.5) is 0 Å². The average molecular weight is 273 g/mol. The van der Waals surface area contributed by atoms with Crippen molar-refractivity contribution in [3.8, 4) is 0 Å². The molecule has 0 radical (unpaired) electrons. The van der Waals surface area contributed by atoms with E-state index < -0.39 is 22.0 Å². The fourth-order valence-electron chi connectivity index (χ4n) is 2.11. The van der Waals surface area contributed by atoms with Gasteiger partial charge in [-0.2, -0.15) is 9.40 Å². The first kappa shape index (κ1) is 13.0. The minimum atomic E-state index is -3.49. The molecule has 1 aromatic heterocycles. The lowest BCUT2D eigenvalue weighted by atomic mass is 10.1. The molecular weight excluding hydrogens is 258 g/mol. The second-order valence-electron chi connectivity index (χ2n) is 4.32. The van der Waals surface area contributed by atoms with Crippen molar-refractivity contribution in [3.05, 3.63) is 18.0 Å². The van der Waals surface area contributed by atoms with Crippen molar-refractivity contribution < 1.29 is 18.3 Å². The van der Waals surface area contributed by atoms with Crippen molar-refractivity contribution in [2.24, 2.45) is 7.05 Å². The summed E-state index contributed by atoms with van der Waals surface area (Å²) in [6.45, 7) is 0.244. The number of sulfonamides is 1. The zero-order valence-electron chi connectivity index (χ0n) is 9.98. The predicted molar refractivity (Wildman–Crippen MR) is 63.3 cm³/mol. The summed E-state index contributed by atoms with van der Waals surface area (Å²) in [7, 11) is -1.83. The van der Waals surface area contributed by atoms with Gasteiger partial charge in [-0.1, -0.05) is 0 Å². The van der Waals surface area contributed by atoms with E-state index in [1.54, 1.807) is 7.05 Å². The molecule has 1 unspecified atom stereocenters. The summed E-state index contributed by atoms with van der Waals surface area (Å²) in [5.74, 6) is -1.16. The van der Waals surface area contributed by atoms with E-state index in [-0.39, 0.29) is 12.3 Å². The number of aliphatic carboxylic acids is 1. The third-order valence-corrected chi connectivity index (χ3v) is 4.86. The number of carboxylic acids is 1. The molecule has 1 aromatic rings. The maximum atomic E-state index is 11.9. The van der Waals surface area contributed by atoms with Gasteiger partial charge in [-0.3, -0.25) is 9.48 Å². The normalized spacial score (nSPS) is 21.6. The quantitative estimate of drug-likeness (QED) is 0.835. The lowest BCUT2D eigenvalue weighted by Gasteiger charge is -2.30. The van der Waals surface area contributed by atoms with Crippen molar-refractivity contribution in [2.75, 3.05) is 12.3 Å². The summed E-state index contributed by atoms with van der Waals surface area (Å²) in [6, 6.07) is -1.18. The van der Waals surface area contributed by atoms with Crippen molar-refractivity contribution in [3.63, 3.8) is 0 Å². The number of nitrogens with zero attached hydrogens (tertiary/aromatic N) is 3. The standard InChI is InChI=1S/C10H15N3O4S/c1-12-7-8(6-11-12)9(10(14)15)13-4-2-3-5-18(13,16)17/h6-7,9H,2-5H2,1H3,(H,14,15). The van der Waals surface area contributed by atoms with Gasteiger partial charge in [0, 0.05) is 25.4 Å². The molecular formula is C10H15N3O4S. The molecule has 1 atom stereocenters. The molecule has 0 bridgehead atoms. The number of hydrogen-bond acceptors (Lipinski definition) is 4. The van der Waals surface area contributed by atoms with Gasteiger partial charge in [0.05, 0.1) is 11.9 Å². The van der Waals surface area contributed by atoms with Crippen LogP contribution in [-0.2, 0) is 21.9 Å². The Morgan fingerprint density at radius 3 is 2.72 bits per heavy atom. The van der Waals surface area contributed by atoms with E-state index in [1.165, 1.54) is 17.1 Å². The number of rotatable bonds is 3. The zero-order valence-corrected chi connectivity index (χ0v) is 10.8. The minimum Gasteiger partial charge on any atom is -0.480 e. The fourth-order valence-corrected chi connectivity index (χ4v) is 3.86. The highest BCUT2D eigenvalue weighted by Crippen LogP contribution is 2.27. The van der Waals surface area contributed by atoms with Gasteiger partial charge in [0.2, 0.25) is 10.0 Å². The Balaban J connectivity index is 2.39. The summed E-state index contributed by atoms with van der Waals surface area (Å²) in [5, 5.41) is 13.2. The molecule has 2 rings (SSSR count). The molecule has 8 heteroatoms. The molecule has 0 aliphatic carbocycles. The van der Waals surface area contributed by atoms with Crippen LogP contribution in [0.5, 0.6) is 0 Å². The third kappa shape index (κ3) is 2.39. The molecule has 1 N–H and O–H groups in total. The predicted octanol–water partition coefficient (Wildman–Crippen LogP) is -0.0286. The van der Waals surface area contributed by atoms with Crippen molar-refractivity contribution in [1.82, 2.24) is 14.1 Å². The van der Waals surface area contributed by atoms with E-state index >= 15 is 0 Å². The van der Waals surface area contributed by atoms with Crippen LogP contribution in [0, 0.1) is 0 Å². The largest absolute Gasteiger partial charge is 0.480 e. The molecule has 2 heterocycles. The Kier molecular flexibility index (Phi) is 3.40. The Hall–Kier alpha value is -1.41. The molecule has 0 spiro atoms. The van der Waals surface area contributed by atoms with Gasteiger partial charge in [0.1, 0.15) is 6.04 Å². The van der Waals surface area contributed by atoms with E-state index in [1.807, 2.05) is 0 Å². The molecule has 0 amide bonds. The van der Waals surface area contributed by atoms with Crippen LogP contribution in [0.2, 0.25) is 0 Å². The molecule has 1 aliphatic rings. The van der Waals surface area contributed by atoms with Crippen LogP contribution in [-0.4, -0.2) is 45.9 Å². The van der Waals surface area contributed by atoms with E-state index in [0.717, 1.165) is 4.31 Å². The maximum Gasteiger partial charge on any atom is 0.326 e. The summed E-state index contributed by atoms with van der Waals surface area (Å²) >= 11 is 0. The number of carbonyl (C=O) groups is 1. The first-order valence-corrected chi connectivity index (χ1v) is 7.23. The molecule has 1 saturated heterocycles. The van der Waals surface area contributed by atoms with Crippen molar-refractivity contribution in [2.45, 2.75) is 18.9 Å². The van der Waals surface area contributed by atoms with Gasteiger partial charge in [-0.25, -0.2) is 8.42 Å². The van der Waals surface area contributed by atoms with Gasteiger partial charge in [-0.05, 0) is 12.8 Å². The number of hydrogen-bond donors (Lipinski definition) is 1. The first-order chi connectivity index (χ1) is 8.42. The summed E-state index contributed by atoms with van der Waals surface area (Å²) in [5.41, 5.74) is 0.385. The lowest BCUT2D eigenvalue weighted by molar-refractivity contribution is -0.141. The van der Waals surface area contributed by atoms with Gasteiger partial charge < -0.3 is 5.11 Å². The number of aromatic nitrogens is 2. The van der Waals surface area contributed by atoms with E-state index in [4.69, 9.17) is 0 Å². The maximum absolute atomic E-state index is 11.9.